The van der Waals surface area contributed by atoms with Crippen LogP contribution in [0.5, 0.6) is 11.6 Å². The van der Waals surface area contributed by atoms with Gasteiger partial charge in [0.1, 0.15) is 17.6 Å². The molecule has 0 radical (unpaired) electrons. The van der Waals surface area contributed by atoms with E-state index in [1.165, 1.54) is 24.5 Å². The molecule has 0 saturated heterocycles. The highest BCUT2D eigenvalue weighted by Gasteiger charge is 2.14. The number of para-hydroxylation sites is 1. The van der Waals surface area contributed by atoms with Gasteiger partial charge in [0.2, 0.25) is 5.88 Å². The van der Waals surface area contributed by atoms with Crippen LogP contribution in [0.15, 0.2) is 48.8 Å². The number of aromatic carboxylic acids is 1. The van der Waals surface area contributed by atoms with Crippen molar-refractivity contribution >= 4 is 28.5 Å². The van der Waals surface area contributed by atoms with Crippen molar-refractivity contribution in [3.63, 3.8) is 0 Å². The molecule has 0 amide bonds. The number of aromatic nitrogens is 2. The number of fused-ring (bicyclic) bond motifs is 1. The summed E-state index contributed by atoms with van der Waals surface area (Å²) >= 11 is 5.90. The van der Waals surface area contributed by atoms with Gasteiger partial charge >= 0.3 is 5.97 Å². The Morgan fingerprint density at radius 3 is 2.76 bits per heavy atom. The maximum absolute atomic E-state index is 11.2. The molecule has 5 nitrogen and oxygen atoms in total. The first kappa shape index (κ1) is 13.3. The number of carboxylic acids is 1. The van der Waals surface area contributed by atoms with Crippen LogP contribution < -0.4 is 4.74 Å². The second-order valence-corrected chi connectivity index (χ2v) is 4.68. The van der Waals surface area contributed by atoms with E-state index in [4.69, 9.17) is 16.3 Å². The summed E-state index contributed by atoms with van der Waals surface area (Å²) in [7, 11) is 0. The third kappa shape index (κ3) is 2.64. The fourth-order valence-corrected chi connectivity index (χ4v) is 2.08. The molecule has 3 aromatic rings. The molecular weight excluding hydrogens is 292 g/mol. The Hall–Kier alpha value is -2.66. The molecule has 0 aliphatic rings. The fraction of sp³-hybridized carbons (Fsp3) is 0. The normalized spacial score (nSPS) is 10.5. The molecule has 0 aliphatic carbocycles. The van der Waals surface area contributed by atoms with Crippen molar-refractivity contribution < 1.29 is 14.6 Å². The quantitative estimate of drug-likeness (QED) is 0.797. The van der Waals surface area contributed by atoms with Crippen LogP contribution in [0, 0.1) is 0 Å². The first-order chi connectivity index (χ1) is 10.1. The van der Waals surface area contributed by atoms with Crippen molar-refractivity contribution in [2.75, 3.05) is 0 Å². The fourth-order valence-electron chi connectivity index (χ4n) is 1.92. The van der Waals surface area contributed by atoms with Gasteiger partial charge in [0.05, 0.1) is 10.9 Å². The SMILES string of the molecule is O=C(O)c1ccc(Cl)cc1Oc1ncnc2ccccc12. The van der Waals surface area contributed by atoms with Gasteiger partial charge in [0, 0.05) is 11.1 Å². The summed E-state index contributed by atoms with van der Waals surface area (Å²) < 4.78 is 5.65. The first-order valence-electron chi connectivity index (χ1n) is 6.05. The molecule has 1 heterocycles. The number of halogens is 1. The summed E-state index contributed by atoms with van der Waals surface area (Å²) in [4.78, 5) is 19.4. The lowest BCUT2D eigenvalue weighted by Gasteiger charge is -2.10. The minimum Gasteiger partial charge on any atom is -0.478 e. The molecule has 21 heavy (non-hydrogen) atoms. The van der Waals surface area contributed by atoms with E-state index in [9.17, 15) is 9.90 Å². The molecule has 1 aromatic heterocycles. The lowest BCUT2D eigenvalue weighted by Crippen LogP contribution is -2.01. The zero-order valence-corrected chi connectivity index (χ0v) is 11.4. The van der Waals surface area contributed by atoms with Crippen LogP contribution in [-0.2, 0) is 0 Å². The Bertz CT molecular complexity index is 831. The van der Waals surface area contributed by atoms with Crippen LogP contribution in [0.4, 0.5) is 0 Å². The Balaban J connectivity index is 2.11. The van der Waals surface area contributed by atoms with Gasteiger partial charge in [-0.05, 0) is 24.3 Å². The smallest absolute Gasteiger partial charge is 0.339 e. The van der Waals surface area contributed by atoms with Crippen LogP contribution in [0.1, 0.15) is 10.4 Å². The van der Waals surface area contributed by atoms with Gasteiger partial charge < -0.3 is 9.84 Å². The number of carboxylic acid groups (broad SMARTS) is 1. The summed E-state index contributed by atoms with van der Waals surface area (Å²) in [5, 5.41) is 10.3. The van der Waals surface area contributed by atoms with Crippen LogP contribution in [0.2, 0.25) is 5.02 Å². The average Bonchev–Trinajstić information content (AvgIpc) is 2.47. The molecule has 3 rings (SSSR count). The number of hydrogen-bond acceptors (Lipinski definition) is 4. The summed E-state index contributed by atoms with van der Waals surface area (Å²) in [6.45, 7) is 0. The third-order valence-electron chi connectivity index (χ3n) is 2.89. The van der Waals surface area contributed by atoms with E-state index in [0.717, 1.165) is 0 Å². The topological polar surface area (TPSA) is 72.3 Å². The average molecular weight is 301 g/mol. The van der Waals surface area contributed by atoms with E-state index in [-0.39, 0.29) is 17.2 Å². The van der Waals surface area contributed by atoms with Crippen molar-refractivity contribution in [1.82, 2.24) is 9.97 Å². The number of rotatable bonds is 3. The Morgan fingerprint density at radius 2 is 1.95 bits per heavy atom. The van der Waals surface area contributed by atoms with E-state index < -0.39 is 5.97 Å². The summed E-state index contributed by atoms with van der Waals surface area (Å²) in [5.74, 6) is -0.677. The summed E-state index contributed by atoms with van der Waals surface area (Å²) in [5.41, 5.74) is 0.725. The molecule has 0 spiro atoms. The highest BCUT2D eigenvalue weighted by Crippen LogP contribution is 2.30. The van der Waals surface area contributed by atoms with E-state index in [1.54, 1.807) is 6.07 Å². The van der Waals surface area contributed by atoms with E-state index in [2.05, 4.69) is 9.97 Å². The molecule has 104 valence electrons. The highest BCUT2D eigenvalue weighted by atomic mass is 35.5. The first-order valence-corrected chi connectivity index (χ1v) is 6.43. The van der Waals surface area contributed by atoms with Gasteiger partial charge in [0.25, 0.3) is 0 Å². The molecule has 1 N–H and O–H groups in total. The van der Waals surface area contributed by atoms with Gasteiger partial charge in [0.15, 0.2) is 0 Å². The van der Waals surface area contributed by atoms with Crippen LogP contribution >= 0.6 is 11.6 Å². The number of hydrogen-bond donors (Lipinski definition) is 1. The zero-order valence-electron chi connectivity index (χ0n) is 10.7. The minimum absolute atomic E-state index is 0.0158. The molecular formula is C15H9ClN2O3. The Labute approximate surface area is 124 Å². The maximum atomic E-state index is 11.2. The molecule has 2 aromatic carbocycles. The van der Waals surface area contributed by atoms with Gasteiger partial charge in [-0.2, -0.15) is 0 Å². The molecule has 0 bridgehead atoms. The number of benzene rings is 2. The molecule has 6 heteroatoms. The minimum atomic E-state index is -1.10. The van der Waals surface area contributed by atoms with Gasteiger partial charge in [-0.15, -0.1) is 0 Å². The van der Waals surface area contributed by atoms with Crippen molar-refractivity contribution in [3.8, 4) is 11.6 Å². The van der Waals surface area contributed by atoms with Crippen LogP contribution in [0.25, 0.3) is 10.9 Å². The molecule has 0 atom stereocenters. The van der Waals surface area contributed by atoms with E-state index in [0.29, 0.717) is 15.9 Å². The molecule has 0 unspecified atom stereocenters. The number of carbonyl (C=O) groups is 1. The van der Waals surface area contributed by atoms with Crippen molar-refractivity contribution in [2.45, 2.75) is 0 Å². The van der Waals surface area contributed by atoms with Gasteiger partial charge in [-0.25, -0.2) is 14.8 Å². The highest BCUT2D eigenvalue weighted by molar-refractivity contribution is 6.30. The largest absolute Gasteiger partial charge is 0.478 e. The predicted molar refractivity (Wildman–Crippen MR) is 78.0 cm³/mol. The van der Waals surface area contributed by atoms with Crippen LogP contribution in [0.3, 0.4) is 0 Å². The monoisotopic (exact) mass is 300 g/mol. The zero-order chi connectivity index (χ0) is 14.8. The lowest BCUT2D eigenvalue weighted by molar-refractivity contribution is 0.0694. The second kappa shape index (κ2) is 5.38. The van der Waals surface area contributed by atoms with E-state index in [1.807, 2.05) is 18.2 Å². The Kier molecular flexibility index (Phi) is 3.41. The number of ether oxygens (including phenoxy) is 1. The molecule has 0 fully saturated rings. The Morgan fingerprint density at radius 1 is 1.14 bits per heavy atom. The van der Waals surface area contributed by atoms with Gasteiger partial charge in [-0.3, -0.25) is 0 Å². The third-order valence-corrected chi connectivity index (χ3v) is 3.12. The second-order valence-electron chi connectivity index (χ2n) is 4.24. The van der Waals surface area contributed by atoms with Crippen LogP contribution in [-0.4, -0.2) is 21.0 Å². The lowest BCUT2D eigenvalue weighted by atomic mass is 10.2. The summed E-state index contributed by atoms with van der Waals surface area (Å²) in [6.07, 6.45) is 1.36. The standard InChI is InChI=1S/C15H9ClN2O3/c16-9-5-6-11(15(19)20)13(7-9)21-14-10-3-1-2-4-12(10)17-8-18-14/h1-8H,(H,19,20). The maximum Gasteiger partial charge on any atom is 0.339 e. The van der Waals surface area contributed by atoms with Crippen molar-refractivity contribution in [1.29, 1.82) is 0 Å². The van der Waals surface area contributed by atoms with E-state index >= 15 is 0 Å². The molecule has 0 saturated carbocycles. The number of nitrogens with zero attached hydrogens (tertiary/aromatic N) is 2. The predicted octanol–water partition coefficient (Wildman–Crippen LogP) is 3.77. The van der Waals surface area contributed by atoms with Gasteiger partial charge in [-0.1, -0.05) is 23.7 Å². The van der Waals surface area contributed by atoms with Crippen molar-refractivity contribution in [2.24, 2.45) is 0 Å². The summed E-state index contributed by atoms with van der Waals surface area (Å²) in [6, 6.07) is 11.6. The van der Waals surface area contributed by atoms with Crippen molar-refractivity contribution in [3.05, 3.63) is 59.4 Å². The molecule has 0 aliphatic heterocycles.